The largest absolute Gasteiger partial charge is 0.422 e. The predicted octanol–water partition coefficient (Wildman–Crippen LogP) is 2.72. The van der Waals surface area contributed by atoms with Crippen LogP contribution in [0.3, 0.4) is 0 Å². The molecule has 0 atom stereocenters. The van der Waals surface area contributed by atoms with Crippen molar-refractivity contribution in [3.63, 3.8) is 0 Å². The van der Waals surface area contributed by atoms with Crippen molar-refractivity contribution in [1.29, 1.82) is 0 Å². The summed E-state index contributed by atoms with van der Waals surface area (Å²) in [5.41, 5.74) is 0.469. The third kappa shape index (κ3) is 1.99. The quantitative estimate of drug-likeness (QED) is 0.619. The molecule has 0 aliphatic heterocycles. The minimum atomic E-state index is -0.698. The third-order valence-corrected chi connectivity index (χ3v) is 3.09. The van der Waals surface area contributed by atoms with Gasteiger partial charge in [-0.25, -0.2) is 4.79 Å². The molecule has 5 heteroatoms. The molecule has 0 spiro atoms. The van der Waals surface area contributed by atoms with E-state index in [-0.39, 0.29) is 10.6 Å². The summed E-state index contributed by atoms with van der Waals surface area (Å²) in [5.74, 6) is -0.396. The summed E-state index contributed by atoms with van der Waals surface area (Å²) in [6, 6.07) is 5.30. The molecule has 1 aromatic heterocycles. The van der Waals surface area contributed by atoms with E-state index in [2.05, 4.69) is 0 Å². The van der Waals surface area contributed by atoms with Crippen LogP contribution < -0.4 is 10.5 Å². The number of anilines is 1. The summed E-state index contributed by atoms with van der Waals surface area (Å²) in [7, 11) is 3.76. The Kier molecular flexibility index (Phi) is 3.13. The van der Waals surface area contributed by atoms with E-state index < -0.39 is 11.4 Å². The Hall–Kier alpha value is -1.81. The zero-order valence-electron chi connectivity index (χ0n) is 10.3. The Bertz CT molecular complexity index is 688. The number of fused-ring (bicyclic) bond motifs is 1. The van der Waals surface area contributed by atoms with Gasteiger partial charge in [0.15, 0.2) is 5.78 Å². The average Bonchev–Trinajstić information content (AvgIpc) is 2.27. The smallest absolute Gasteiger partial charge is 0.348 e. The summed E-state index contributed by atoms with van der Waals surface area (Å²) in [4.78, 5) is 24.9. The molecule has 2 aromatic rings. The second kappa shape index (κ2) is 4.46. The Morgan fingerprint density at radius 2 is 2.00 bits per heavy atom. The number of ketones is 1. The molecular formula is C13H12ClNO3. The highest BCUT2D eigenvalue weighted by molar-refractivity contribution is 6.38. The van der Waals surface area contributed by atoms with Gasteiger partial charge in [-0.3, -0.25) is 4.79 Å². The predicted molar refractivity (Wildman–Crippen MR) is 71.8 cm³/mol. The van der Waals surface area contributed by atoms with Gasteiger partial charge >= 0.3 is 5.63 Å². The minimum Gasteiger partial charge on any atom is -0.422 e. The second-order valence-corrected chi connectivity index (χ2v) is 4.59. The lowest BCUT2D eigenvalue weighted by Crippen LogP contribution is -2.13. The molecule has 1 aromatic carbocycles. The Morgan fingerprint density at radius 1 is 1.33 bits per heavy atom. The van der Waals surface area contributed by atoms with Crippen molar-refractivity contribution in [2.75, 3.05) is 19.0 Å². The maximum absolute atomic E-state index is 11.7. The summed E-state index contributed by atoms with van der Waals surface area (Å²) in [6.07, 6.45) is 0. The van der Waals surface area contributed by atoms with Crippen LogP contribution in [0.15, 0.2) is 27.4 Å². The second-order valence-electron chi connectivity index (χ2n) is 4.21. The number of hydrogen-bond acceptors (Lipinski definition) is 4. The monoisotopic (exact) mass is 265 g/mol. The molecule has 0 saturated carbocycles. The summed E-state index contributed by atoms with van der Waals surface area (Å²) in [6.45, 7) is 1.29. The third-order valence-electron chi connectivity index (χ3n) is 2.70. The first-order valence-corrected chi connectivity index (χ1v) is 5.74. The minimum absolute atomic E-state index is 0.0956. The van der Waals surface area contributed by atoms with Gasteiger partial charge in [0.25, 0.3) is 0 Å². The zero-order chi connectivity index (χ0) is 13.4. The van der Waals surface area contributed by atoms with Crippen LogP contribution in [-0.2, 0) is 0 Å². The van der Waals surface area contributed by atoms with Gasteiger partial charge in [0.05, 0.1) is 5.02 Å². The molecule has 18 heavy (non-hydrogen) atoms. The molecular weight excluding hydrogens is 254 g/mol. The highest BCUT2D eigenvalue weighted by Gasteiger charge is 2.16. The van der Waals surface area contributed by atoms with Crippen LogP contribution in [0.5, 0.6) is 0 Å². The number of hydrogen-bond donors (Lipinski definition) is 0. The number of benzene rings is 1. The van der Waals surface area contributed by atoms with E-state index in [4.69, 9.17) is 16.0 Å². The van der Waals surface area contributed by atoms with Crippen LogP contribution in [0.2, 0.25) is 5.02 Å². The van der Waals surface area contributed by atoms with Gasteiger partial charge in [-0.05, 0) is 19.1 Å². The molecule has 0 fully saturated rings. The van der Waals surface area contributed by atoms with Crippen LogP contribution in [-0.4, -0.2) is 19.9 Å². The number of carbonyl (C=O) groups excluding carboxylic acids is 1. The van der Waals surface area contributed by atoms with Crippen LogP contribution in [0.1, 0.15) is 17.3 Å². The van der Waals surface area contributed by atoms with Crippen molar-refractivity contribution >= 4 is 34.0 Å². The molecule has 2 rings (SSSR count). The number of halogens is 1. The fourth-order valence-corrected chi connectivity index (χ4v) is 2.09. The van der Waals surface area contributed by atoms with Gasteiger partial charge in [0.1, 0.15) is 11.1 Å². The van der Waals surface area contributed by atoms with Crippen molar-refractivity contribution < 1.29 is 9.21 Å². The Morgan fingerprint density at radius 3 is 2.56 bits per heavy atom. The van der Waals surface area contributed by atoms with Crippen molar-refractivity contribution in [2.24, 2.45) is 0 Å². The first-order chi connectivity index (χ1) is 8.41. The van der Waals surface area contributed by atoms with E-state index >= 15 is 0 Å². The zero-order valence-corrected chi connectivity index (χ0v) is 11.0. The molecule has 0 amide bonds. The van der Waals surface area contributed by atoms with Crippen LogP contribution in [0.25, 0.3) is 11.0 Å². The maximum Gasteiger partial charge on any atom is 0.348 e. The highest BCUT2D eigenvalue weighted by Crippen LogP contribution is 2.28. The topological polar surface area (TPSA) is 50.5 Å². The molecule has 1 heterocycles. The van der Waals surface area contributed by atoms with E-state index in [9.17, 15) is 9.59 Å². The van der Waals surface area contributed by atoms with Crippen molar-refractivity contribution in [3.8, 4) is 0 Å². The fourth-order valence-electron chi connectivity index (χ4n) is 1.73. The van der Waals surface area contributed by atoms with Gasteiger partial charge in [-0.1, -0.05) is 11.6 Å². The molecule has 0 aliphatic rings. The van der Waals surface area contributed by atoms with Crippen LogP contribution in [0.4, 0.5) is 5.69 Å². The van der Waals surface area contributed by atoms with E-state index in [1.807, 2.05) is 25.1 Å². The molecule has 0 aliphatic carbocycles. The Balaban J connectivity index is 2.82. The molecule has 0 saturated heterocycles. The molecule has 0 bridgehead atoms. The van der Waals surface area contributed by atoms with Crippen molar-refractivity contribution in [3.05, 3.63) is 39.2 Å². The molecule has 0 radical (unpaired) electrons. The lowest BCUT2D eigenvalue weighted by Gasteiger charge is -2.13. The van der Waals surface area contributed by atoms with Gasteiger partial charge in [-0.15, -0.1) is 0 Å². The summed E-state index contributed by atoms with van der Waals surface area (Å²) in [5, 5.41) is 0.714. The summed E-state index contributed by atoms with van der Waals surface area (Å²) >= 11 is 6.08. The molecule has 0 unspecified atom stereocenters. The summed E-state index contributed by atoms with van der Waals surface area (Å²) < 4.78 is 5.14. The number of nitrogens with zero attached hydrogens (tertiary/aromatic N) is 1. The van der Waals surface area contributed by atoms with Gasteiger partial charge < -0.3 is 9.32 Å². The lowest BCUT2D eigenvalue weighted by atomic mass is 10.1. The van der Waals surface area contributed by atoms with E-state index in [0.29, 0.717) is 11.0 Å². The molecule has 94 valence electrons. The molecule has 4 nitrogen and oxygen atoms in total. The first kappa shape index (κ1) is 12.6. The van der Waals surface area contributed by atoms with Crippen molar-refractivity contribution in [2.45, 2.75) is 6.92 Å². The fraction of sp³-hybridized carbons (Fsp3) is 0.231. The number of carbonyl (C=O) groups is 1. The van der Waals surface area contributed by atoms with Gasteiger partial charge in [0, 0.05) is 31.2 Å². The van der Waals surface area contributed by atoms with Crippen LogP contribution >= 0.6 is 11.6 Å². The van der Waals surface area contributed by atoms with Gasteiger partial charge in [0.2, 0.25) is 0 Å². The van der Waals surface area contributed by atoms with E-state index in [1.165, 1.54) is 6.92 Å². The van der Waals surface area contributed by atoms with E-state index in [0.717, 1.165) is 5.69 Å². The van der Waals surface area contributed by atoms with Gasteiger partial charge in [-0.2, -0.15) is 0 Å². The van der Waals surface area contributed by atoms with Crippen molar-refractivity contribution in [1.82, 2.24) is 0 Å². The normalized spacial score (nSPS) is 10.7. The number of Topliss-reactive ketones (excluding diaryl/α,β-unsaturated/α-hetero) is 1. The molecule has 0 N–H and O–H groups in total. The van der Waals surface area contributed by atoms with E-state index in [1.54, 1.807) is 12.1 Å². The Labute approximate surface area is 109 Å². The highest BCUT2D eigenvalue weighted by atomic mass is 35.5. The standard InChI is InChI=1S/C13H12ClNO3/c1-7(16)11-12(14)9-5-4-8(15(2)3)6-10(9)18-13(11)17/h4-6H,1-3H3. The lowest BCUT2D eigenvalue weighted by molar-refractivity contribution is 0.101. The average molecular weight is 266 g/mol. The maximum atomic E-state index is 11.7. The number of rotatable bonds is 2. The first-order valence-electron chi connectivity index (χ1n) is 5.36. The van der Waals surface area contributed by atoms with Crippen LogP contribution in [0, 0.1) is 0 Å². The SMILES string of the molecule is CC(=O)c1c(Cl)c2ccc(N(C)C)cc2oc1=O.